The maximum absolute atomic E-state index is 4.23. The van der Waals surface area contributed by atoms with Gasteiger partial charge in [0.15, 0.2) is 0 Å². The van der Waals surface area contributed by atoms with Crippen LogP contribution in [0.15, 0.2) is 11.5 Å². The number of thioether (sulfide) groups is 1. The molecule has 1 saturated heterocycles. The molecule has 0 N–H and O–H groups in total. The van der Waals surface area contributed by atoms with Crippen LogP contribution in [0.25, 0.3) is 0 Å². The zero-order valence-corrected chi connectivity index (χ0v) is 11.5. The molecule has 1 fully saturated rings. The van der Waals surface area contributed by atoms with Gasteiger partial charge in [-0.3, -0.25) is 4.90 Å². The largest absolute Gasteiger partial charge is 0.299 e. The maximum atomic E-state index is 4.23. The van der Waals surface area contributed by atoms with E-state index in [-0.39, 0.29) is 0 Å². The molecule has 0 aromatic heterocycles. The third kappa shape index (κ3) is 4.60. The van der Waals surface area contributed by atoms with Crippen LogP contribution in [-0.4, -0.2) is 30.3 Å². The van der Waals surface area contributed by atoms with E-state index in [1.54, 1.807) is 0 Å². The van der Waals surface area contributed by atoms with Gasteiger partial charge in [-0.2, -0.15) is 0 Å². The monoisotopic (exact) mass is 227 g/mol. The fourth-order valence-electron chi connectivity index (χ4n) is 1.90. The van der Waals surface area contributed by atoms with Crippen LogP contribution in [0.4, 0.5) is 0 Å². The van der Waals surface area contributed by atoms with E-state index in [2.05, 4.69) is 39.3 Å². The molecule has 1 atom stereocenters. The van der Waals surface area contributed by atoms with Crippen LogP contribution in [0.3, 0.4) is 0 Å². The zero-order valence-electron chi connectivity index (χ0n) is 10.7. The van der Waals surface area contributed by atoms with Gasteiger partial charge in [-0.05, 0) is 48.9 Å². The number of nitrogens with zero attached hydrogens (tertiary/aromatic N) is 1. The van der Waals surface area contributed by atoms with Crippen LogP contribution in [-0.2, 0) is 0 Å². The third-order valence-electron chi connectivity index (χ3n) is 3.03. The van der Waals surface area contributed by atoms with E-state index in [0.717, 1.165) is 0 Å². The predicted molar refractivity (Wildman–Crippen MR) is 71.3 cm³/mol. The Hall–Kier alpha value is 0.0500. The first-order valence-electron chi connectivity index (χ1n) is 5.92. The second-order valence-corrected chi connectivity index (χ2v) is 6.99. The lowest BCUT2D eigenvalue weighted by Gasteiger charge is -2.23. The molecule has 1 heterocycles. The minimum Gasteiger partial charge on any atom is -0.299 e. The van der Waals surface area contributed by atoms with Crippen molar-refractivity contribution < 1.29 is 0 Å². The lowest BCUT2D eigenvalue weighted by molar-refractivity contribution is 0.354. The van der Waals surface area contributed by atoms with E-state index in [9.17, 15) is 0 Å². The summed E-state index contributed by atoms with van der Waals surface area (Å²) in [7, 11) is 2.22. The molecule has 1 aliphatic heterocycles. The number of hydrogen-bond donors (Lipinski definition) is 0. The highest BCUT2D eigenvalue weighted by Gasteiger charge is 2.23. The highest BCUT2D eigenvalue weighted by molar-refractivity contribution is 8.03. The highest BCUT2D eigenvalue weighted by atomic mass is 32.2. The van der Waals surface area contributed by atoms with Crippen molar-refractivity contribution in [1.82, 2.24) is 4.90 Å². The summed E-state index contributed by atoms with van der Waals surface area (Å²) in [5, 5.41) is 0. The predicted octanol–water partition coefficient (Wildman–Crippen LogP) is 3.76. The van der Waals surface area contributed by atoms with Crippen molar-refractivity contribution in [2.24, 2.45) is 5.41 Å². The lowest BCUT2D eigenvalue weighted by atomic mass is 9.94. The second-order valence-electron chi connectivity index (χ2n) is 5.76. The quantitative estimate of drug-likeness (QED) is 0.719. The molecule has 0 amide bonds. The van der Waals surface area contributed by atoms with Gasteiger partial charge in [-0.25, -0.2) is 0 Å². The Kier molecular flexibility index (Phi) is 4.72. The molecule has 0 aromatic rings. The molecule has 2 heteroatoms. The van der Waals surface area contributed by atoms with Gasteiger partial charge in [0.05, 0.1) is 0 Å². The number of likely N-dealkylation sites (N-methyl/N-ethyl adjacent to an activating group) is 1. The van der Waals surface area contributed by atoms with E-state index in [1.807, 2.05) is 11.8 Å². The second kappa shape index (κ2) is 5.40. The van der Waals surface area contributed by atoms with Crippen molar-refractivity contribution in [2.75, 3.05) is 19.3 Å². The van der Waals surface area contributed by atoms with Crippen molar-refractivity contribution in [1.29, 1.82) is 0 Å². The Morgan fingerprint density at radius 1 is 1.47 bits per heavy atom. The molecule has 1 unspecified atom stereocenters. The topological polar surface area (TPSA) is 3.24 Å². The van der Waals surface area contributed by atoms with Crippen molar-refractivity contribution in [3.8, 4) is 0 Å². The molecule has 1 aliphatic rings. The van der Waals surface area contributed by atoms with Crippen LogP contribution in [0.5, 0.6) is 0 Å². The Morgan fingerprint density at radius 2 is 2.13 bits per heavy atom. The molecule has 0 bridgehead atoms. The van der Waals surface area contributed by atoms with Gasteiger partial charge < -0.3 is 0 Å². The molecule has 1 nitrogen and oxygen atoms in total. The Labute approximate surface area is 99.3 Å². The summed E-state index contributed by atoms with van der Waals surface area (Å²) < 4.78 is 0. The first kappa shape index (κ1) is 13.1. The summed E-state index contributed by atoms with van der Waals surface area (Å²) in [5.74, 6) is 1.21. The molecule has 0 radical (unpaired) electrons. The summed E-state index contributed by atoms with van der Waals surface area (Å²) >= 11 is 1.97. The van der Waals surface area contributed by atoms with Crippen molar-refractivity contribution >= 4 is 11.8 Å². The number of likely N-dealkylation sites (tertiary alicyclic amines) is 1. The molecule has 0 spiro atoms. The zero-order chi connectivity index (χ0) is 11.5. The van der Waals surface area contributed by atoms with E-state index in [0.29, 0.717) is 11.5 Å². The lowest BCUT2D eigenvalue weighted by Crippen LogP contribution is -2.25. The average molecular weight is 227 g/mol. The average Bonchev–Trinajstić information content (AvgIpc) is 2.48. The maximum Gasteiger partial charge on any atom is 0.0398 e. The van der Waals surface area contributed by atoms with Crippen LogP contribution < -0.4 is 0 Å². The molecular weight excluding hydrogens is 202 g/mol. The molecule has 0 saturated carbocycles. The SMILES string of the molecule is C=C(SCCC(C)(C)C)C1CCCN1C. The fourth-order valence-corrected chi connectivity index (χ4v) is 3.37. The summed E-state index contributed by atoms with van der Waals surface area (Å²) in [6, 6.07) is 0.634. The molecule has 88 valence electrons. The Balaban J connectivity index is 2.24. The smallest absolute Gasteiger partial charge is 0.0398 e. The Morgan fingerprint density at radius 3 is 2.60 bits per heavy atom. The summed E-state index contributed by atoms with van der Waals surface area (Å²) in [6.45, 7) is 12.4. The standard InChI is InChI=1S/C13H25NS/c1-11(12-7-6-9-14(12)5)15-10-8-13(2,3)4/h12H,1,6-10H2,2-5H3. The fraction of sp³-hybridized carbons (Fsp3) is 0.846. The van der Waals surface area contributed by atoms with Gasteiger partial charge in [0, 0.05) is 6.04 Å². The Bertz CT molecular complexity index is 217. The van der Waals surface area contributed by atoms with E-state index >= 15 is 0 Å². The molecule has 1 rings (SSSR count). The van der Waals surface area contributed by atoms with Gasteiger partial charge in [0.25, 0.3) is 0 Å². The highest BCUT2D eigenvalue weighted by Crippen LogP contribution is 2.31. The summed E-state index contributed by atoms with van der Waals surface area (Å²) in [6.07, 6.45) is 3.91. The molecule has 0 aromatic carbocycles. The molecule has 15 heavy (non-hydrogen) atoms. The van der Waals surface area contributed by atoms with Crippen LogP contribution in [0.2, 0.25) is 0 Å². The van der Waals surface area contributed by atoms with Gasteiger partial charge in [0.1, 0.15) is 0 Å². The van der Waals surface area contributed by atoms with Gasteiger partial charge >= 0.3 is 0 Å². The van der Waals surface area contributed by atoms with Gasteiger partial charge in [0.2, 0.25) is 0 Å². The van der Waals surface area contributed by atoms with E-state index in [1.165, 1.54) is 36.5 Å². The number of hydrogen-bond acceptors (Lipinski definition) is 2. The number of rotatable bonds is 4. The minimum atomic E-state index is 0.453. The van der Waals surface area contributed by atoms with Crippen molar-refractivity contribution in [3.05, 3.63) is 11.5 Å². The first-order valence-corrected chi connectivity index (χ1v) is 6.90. The third-order valence-corrected chi connectivity index (χ3v) is 4.08. The van der Waals surface area contributed by atoms with Crippen LogP contribution >= 0.6 is 11.8 Å². The van der Waals surface area contributed by atoms with Gasteiger partial charge in [-0.15, -0.1) is 11.8 Å². The van der Waals surface area contributed by atoms with Crippen LogP contribution in [0.1, 0.15) is 40.0 Å². The summed E-state index contributed by atoms with van der Waals surface area (Å²) in [4.78, 5) is 3.81. The van der Waals surface area contributed by atoms with E-state index in [4.69, 9.17) is 0 Å². The minimum absolute atomic E-state index is 0.453. The molecule has 0 aliphatic carbocycles. The first-order chi connectivity index (χ1) is 6.90. The van der Waals surface area contributed by atoms with Crippen molar-refractivity contribution in [2.45, 2.75) is 46.1 Å². The van der Waals surface area contributed by atoms with Crippen molar-refractivity contribution in [3.63, 3.8) is 0 Å². The molecular formula is C13H25NS. The normalized spacial score (nSPS) is 23.3. The summed E-state index contributed by atoms with van der Waals surface area (Å²) in [5.41, 5.74) is 0.453. The van der Waals surface area contributed by atoms with E-state index < -0.39 is 0 Å². The van der Waals surface area contributed by atoms with Gasteiger partial charge in [-0.1, -0.05) is 27.4 Å². The van der Waals surface area contributed by atoms with Crippen LogP contribution in [0, 0.1) is 5.41 Å².